The number of thiophene rings is 1. The fourth-order valence-corrected chi connectivity index (χ4v) is 5.53. The van der Waals surface area contributed by atoms with Crippen LogP contribution in [0.25, 0.3) is 10.6 Å². The molecule has 0 radical (unpaired) electrons. The number of fused-ring (bicyclic) bond motifs is 2. The topological polar surface area (TPSA) is 106 Å². The number of hydrogen-bond donors (Lipinski definition) is 2. The number of hydrogen-bond acceptors (Lipinski definition) is 8. The molecule has 9 heteroatoms. The predicted octanol–water partition coefficient (Wildman–Crippen LogP) is 2.55. The maximum absolute atomic E-state index is 11.8. The molecule has 0 bridgehead atoms. The zero-order chi connectivity index (χ0) is 20.7. The minimum atomic E-state index is -0.294. The van der Waals surface area contributed by atoms with Gasteiger partial charge in [0.2, 0.25) is 5.95 Å². The number of piperidine rings is 1. The van der Waals surface area contributed by atoms with Crippen LogP contribution in [0.2, 0.25) is 0 Å². The number of nitrogens with zero attached hydrogens (tertiary/aromatic N) is 3. The molecule has 1 spiro atoms. The van der Waals surface area contributed by atoms with Crippen molar-refractivity contribution in [2.75, 3.05) is 37.4 Å². The Labute approximate surface area is 177 Å². The molecule has 5 rings (SSSR count). The van der Waals surface area contributed by atoms with Crippen molar-refractivity contribution in [3.05, 3.63) is 51.3 Å². The first-order valence-electron chi connectivity index (χ1n) is 9.96. The third-order valence-corrected chi connectivity index (χ3v) is 7.09. The van der Waals surface area contributed by atoms with E-state index in [4.69, 9.17) is 15.2 Å². The van der Waals surface area contributed by atoms with E-state index in [1.54, 1.807) is 24.6 Å². The third-order valence-electron chi connectivity index (χ3n) is 5.87. The summed E-state index contributed by atoms with van der Waals surface area (Å²) in [6, 6.07) is 7.67. The van der Waals surface area contributed by atoms with Gasteiger partial charge < -0.3 is 20.1 Å². The van der Waals surface area contributed by atoms with Gasteiger partial charge >= 0.3 is 0 Å². The minimum Gasteiger partial charge on any atom is -0.495 e. The molecule has 8 nitrogen and oxygen atoms in total. The van der Waals surface area contributed by atoms with Gasteiger partial charge in [-0.15, -0.1) is 11.3 Å². The fourth-order valence-electron chi connectivity index (χ4n) is 4.33. The quantitative estimate of drug-likeness (QED) is 0.664. The molecule has 1 saturated heterocycles. The second kappa shape index (κ2) is 7.41. The van der Waals surface area contributed by atoms with Crippen molar-refractivity contribution in [2.45, 2.75) is 24.9 Å². The van der Waals surface area contributed by atoms with Gasteiger partial charge in [0, 0.05) is 30.5 Å². The van der Waals surface area contributed by atoms with Crippen LogP contribution in [0.1, 0.15) is 23.3 Å². The van der Waals surface area contributed by atoms with Crippen LogP contribution in [-0.4, -0.2) is 41.8 Å². The number of aromatic amines is 1. The first-order chi connectivity index (χ1) is 14.6. The molecule has 2 aliphatic heterocycles. The highest BCUT2D eigenvalue weighted by Crippen LogP contribution is 2.46. The van der Waals surface area contributed by atoms with E-state index in [1.807, 2.05) is 12.1 Å². The van der Waals surface area contributed by atoms with Crippen LogP contribution in [0, 0.1) is 0 Å². The molecule has 156 valence electrons. The van der Waals surface area contributed by atoms with Crippen molar-refractivity contribution in [2.24, 2.45) is 0 Å². The van der Waals surface area contributed by atoms with Gasteiger partial charge in [-0.05, 0) is 36.6 Å². The number of nitrogens with one attached hydrogen (secondary N) is 1. The van der Waals surface area contributed by atoms with Gasteiger partial charge in [-0.2, -0.15) is 4.98 Å². The highest BCUT2D eigenvalue weighted by atomic mass is 32.1. The van der Waals surface area contributed by atoms with Gasteiger partial charge in [0.15, 0.2) is 0 Å². The number of pyridine rings is 1. The summed E-state index contributed by atoms with van der Waals surface area (Å²) in [6.45, 7) is 2.22. The zero-order valence-corrected chi connectivity index (χ0v) is 17.5. The van der Waals surface area contributed by atoms with Crippen molar-refractivity contribution in [1.82, 2.24) is 15.0 Å². The molecule has 30 heavy (non-hydrogen) atoms. The van der Waals surface area contributed by atoms with E-state index in [-0.39, 0.29) is 17.1 Å². The van der Waals surface area contributed by atoms with Crippen LogP contribution in [0.3, 0.4) is 0 Å². The maximum atomic E-state index is 11.8. The Balaban J connectivity index is 1.40. The Kier molecular flexibility index (Phi) is 4.71. The molecule has 5 heterocycles. The molecule has 3 aromatic heterocycles. The summed E-state index contributed by atoms with van der Waals surface area (Å²) < 4.78 is 11.6. The lowest BCUT2D eigenvalue weighted by molar-refractivity contribution is -0.0757. The normalized spacial score (nSPS) is 17.7. The van der Waals surface area contributed by atoms with E-state index in [0.717, 1.165) is 55.3 Å². The van der Waals surface area contributed by atoms with Gasteiger partial charge in [0.1, 0.15) is 11.6 Å². The molecule has 3 aromatic rings. The van der Waals surface area contributed by atoms with E-state index in [0.29, 0.717) is 5.82 Å². The average molecular weight is 426 g/mol. The second-order valence-electron chi connectivity index (χ2n) is 7.60. The summed E-state index contributed by atoms with van der Waals surface area (Å²) in [5, 5.41) is 0. The molecule has 0 unspecified atom stereocenters. The number of nitrogen functional groups attached to an aromatic ring is 1. The van der Waals surface area contributed by atoms with Gasteiger partial charge in [-0.25, -0.2) is 0 Å². The maximum Gasteiger partial charge on any atom is 0.254 e. The fraction of sp³-hybridized carbons (Fsp3) is 0.381. The first-order valence-corrected chi connectivity index (χ1v) is 10.8. The number of ether oxygens (including phenoxy) is 2. The molecule has 0 saturated carbocycles. The summed E-state index contributed by atoms with van der Waals surface area (Å²) in [4.78, 5) is 27.7. The Morgan fingerprint density at radius 1 is 1.30 bits per heavy atom. The second-order valence-corrected chi connectivity index (χ2v) is 8.74. The zero-order valence-electron chi connectivity index (χ0n) is 16.7. The molecular formula is C21H23N5O3S. The summed E-state index contributed by atoms with van der Waals surface area (Å²) in [5.74, 6) is 1.51. The summed E-state index contributed by atoms with van der Waals surface area (Å²) in [7, 11) is 1.64. The van der Waals surface area contributed by atoms with Gasteiger partial charge in [-0.1, -0.05) is 0 Å². The van der Waals surface area contributed by atoms with Crippen LogP contribution >= 0.6 is 11.3 Å². The van der Waals surface area contributed by atoms with Crippen LogP contribution in [-0.2, 0) is 16.8 Å². The lowest BCUT2D eigenvalue weighted by atomic mass is 9.82. The van der Waals surface area contributed by atoms with E-state index in [1.165, 1.54) is 16.5 Å². The number of anilines is 2. The molecule has 3 N–H and O–H groups in total. The molecule has 2 aliphatic rings. The van der Waals surface area contributed by atoms with Crippen molar-refractivity contribution in [3.8, 4) is 16.3 Å². The van der Waals surface area contributed by atoms with Gasteiger partial charge in [0.25, 0.3) is 5.56 Å². The lowest BCUT2D eigenvalue weighted by Gasteiger charge is -2.44. The molecule has 0 aromatic carbocycles. The molecule has 1 fully saturated rings. The van der Waals surface area contributed by atoms with Gasteiger partial charge in [0.05, 0.1) is 36.1 Å². The summed E-state index contributed by atoms with van der Waals surface area (Å²) in [5.41, 5.74) is 7.42. The Morgan fingerprint density at radius 3 is 2.83 bits per heavy atom. The number of rotatable bonds is 3. The standard InChI is InChI=1S/C21H23N5O3S/c1-28-13-2-3-15(23-12-13)17-10-14-16(30-17)4-9-29-21(14)5-7-26(8-6-21)18-11-19(27)25-20(22)24-18/h2-3,10-12H,4-9H2,1H3,(H3,22,24,25,27). The molecule has 0 aliphatic carbocycles. The predicted molar refractivity (Wildman–Crippen MR) is 116 cm³/mol. The third kappa shape index (κ3) is 3.33. The summed E-state index contributed by atoms with van der Waals surface area (Å²) >= 11 is 1.80. The van der Waals surface area contributed by atoms with Crippen LogP contribution < -0.4 is 20.9 Å². The molecule has 0 amide bonds. The summed E-state index contributed by atoms with van der Waals surface area (Å²) in [6.07, 6.45) is 4.34. The van der Waals surface area contributed by atoms with Crippen molar-refractivity contribution in [1.29, 1.82) is 0 Å². The minimum absolute atomic E-state index is 0.142. The highest BCUT2D eigenvalue weighted by molar-refractivity contribution is 7.15. The Bertz CT molecular complexity index is 1120. The van der Waals surface area contributed by atoms with Crippen LogP contribution in [0.5, 0.6) is 5.75 Å². The number of aromatic nitrogens is 3. The number of H-pyrrole nitrogens is 1. The average Bonchev–Trinajstić information content (AvgIpc) is 3.20. The smallest absolute Gasteiger partial charge is 0.254 e. The lowest BCUT2D eigenvalue weighted by Crippen LogP contribution is -2.46. The Morgan fingerprint density at radius 2 is 2.13 bits per heavy atom. The van der Waals surface area contributed by atoms with Gasteiger partial charge in [-0.3, -0.25) is 14.8 Å². The highest BCUT2D eigenvalue weighted by Gasteiger charge is 2.42. The Hall–Kier alpha value is -2.91. The number of nitrogens with two attached hydrogens (primary N) is 1. The van der Waals surface area contributed by atoms with Crippen molar-refractivity contribution in [3.63, 3.8) is 0 Å². The molecule has 0 atom stereocenters. The van der Waals surface area contributed by atoms with E-state index in [2.05, 4.69) is 25.9 Å². The van der Waals surface area contributed by atoms with Crippen LogP contribution in [0.15, 0.2) is 35.3 Å². The SMILES string of the molecule is COc1ccc(-c2cc3c(s2)CCOC32CCN(c3cc(=O)[nH]c(N)n3)CC2)nc1. The number of methoxy groups -OCH3 is 1. The molecular weight excluding hydrogens is 402 g/mol. The van der Waals surface area contributed by atoms with E-state index >= 15 is 0 Å². The monoisotopic (exact) mass is 425 g/mol. The van der Waals surface area contributed by atoms with E-state index < -0.39 is 0 Å². The van der Waals surface area contributed by atoms with Crippen molar-refractivity contribution < 1.29 is 9.47 Å². The van der Waals surface area contributed by atoms with Crippen molar-refractivity contribution >= 4 is 23.1 Å². The largest absolute Gasteiger partial charge is 0.495 e. The van der Waals surface area contributed by atoms with Crippen LogP contribution in [0.4, 0.5) is 11.8 Å². The first kappa shape index (κ1) is 19.1. The van der Waals surface area contributed by atoms with E-state index in [9.17, 15) is 4.79 Å².